The van der Waals surface area contributed by atoms with Gasteiger partial charge in [-0.15, -0.1) is 0 Å². The number of aromatic nitrogens is 2. The van der Waals surface area contributed by atoms with Gasteiger partial charge in [-0.2, -0.15) is 4.31 Å². The zero-order valence-electron chi connectivity index (χ0n) is 10.5. The Morgan fingerprint density at radius 1 is 1.20 bits per heavy atom. The standard InChI is InChI=1S/C13H12ClN3O2S/c14-12-3-1-10(2-4-12)8-20(18,19)17-6-11-5-15-9-16-13(11)7-17/h1-5,9H,6-8H2. The van der Waals surface area contributed by atoms with E-state index in [0.29, 0.717) is 18.1 Å². The Morgan fingerprint density at radius 3 is 2.65 bits per heavy atom. The molecule has 0 amide bonds. The first-order valence-electron chi connectivity index (χ1n) is 6.04. The quantitative estimate of drug-likeness (QED) is 0.869. The van der Waals surface area contributed by atoms with Crippen LogP contribution in [0.25, 0.3) is 0 Å². The number of rotatable bonds is 3. The predicted molar refractivity (Wildman–Crippen MR) is 75.4 cm³/mol. The summed E-state index contributed by atoms with van der Waals surface area (Å²) in [5.74, 6) is -0.0361. The zero-order valence-corrected chi connectivity index (χ0v) is 12.1. The molecule has 104 valence electrons. The highest BCUT2D eigenvalue weighted by atomic mass is 35.5. The fourth-order valence-corrected chi connectivity index (χ4v) is 3.73. The molecular formula is C13H12ClN3O2S. The highest BCUT2D eigenvalue weighted by molar-refractivity contribution is 7.88. The third-order valence-corrected chi connectivity index (χ3v) is 5.20. The number of sulfonamides is 1. The highest BCUT2D eigenvalue weighted by Gasteiger charge is 2.30. The summed E-state index contributed by atoms with van der Waals surface area (Å²) >= 11 is 5.80. The van der Waals surface area contributed by atoms with Gasteiger partial charge in [-0.1, -0.05) is 23.7 Å². The van der Waals surface area contributed by atoms with Crippen molar-refractivity contribution < 1.29 is 8.42 Å². The van der Waals surface area contributed by atoms with Crippen molar-refractivity contribution in [1.82, 2.24) is 14.3 Å². The van der Waals surface area contributed by atoms with E-state index in [9.17, 15) is 8.42 Å². The van der Waals surface area contributed by atoms with Gasteiger partial charge in [0, 0.05) is 23.3 Å². The molecule has 1 aromatic carbocycles. The molecule has 2 aromatic rings. The summed E-state index contributed by atoms with van der Waals surface area (Å²) in [7, 11) is -3.37. The van der Waals surface area contributed by atoms with Crippen molar-refractivity contribution in [3.8, 4) is 0 Å². The van der Waals surface area contributed by atoms with Crippen LogP contribution in [0.2, 0.25) is 5.02 Å². The van der Waals surface area contributed by atoms with Crippen LogP contribution in [-0.2, 0) is 28.9 Å². The van der Waals surface area contributed by atoms with Crippen molar-refractivity contribution in [3.05, 3.63) is 58.6 Å². The number of fused-ring (bicyclic) bond motifs is 1. The predicted octanol–water partition coefficient (Wildman–Crippen LogP) is 1.98. The van der Waals surface area contributed by atoms with Crippen molar-refractivity contribution in [2.45, 2.75) is 18.8 Å². The minimum absolute atomic E-state index is 0.0361. The summed E-state index contributed by atoms with van der Waals surface area (Å²) in [4.78, 5) is 8.03. The molecule has 0 saturated heterocycles. The first-order chi connectivity index (χ1) is 9.54. The van der Waals surface area contributed by atoms with Gasteiger partial charge in [0.25, 0.3) is 0 Å². The molecule has 7 heteroatoms. The summed E-state index contributed by atoms with van der Waals surface area (Å²) in [5, 5.41) is 0.593. The van der Waals surface area contributed by atoms with E-state index in [1.807, 2.05) is 0 Å². The highest BCUT2D eigenvalue weighted by Crippen LogP contribution is 2.24. The zero-order chi connectivity index (χ0) is 14.2. The largest absolute Gasteiger partial charge is 0.244 e. The molecule has 2 heterocycles. The number of benzene rings is 1. The Morgan fingerprint density at radius 2 is 1.95 bits per heavy atom. The summed E-state index contributed by atoms with van der Waals surface area (Å²) in [6, 6.07) is 6.83. The third kappa shape index (κ3) is 2.67. The van der Waals surface area contributed by atoms with E-state index in [0.717, 1.165) is 16.8 Å². The first kappa shape index (κ1) is 13.5. The average Bonchev–Trinajstić information content (AvgIpc) is 2.86. The molecule has 0 aliphatic carbocycles. The Hall–Kier alpha value is -1.50. The lowest BCUT2D eigenvalue weighted by Gasteiger charge is -2.15. The molecule has 0 N–H and O–H groups in total. The van der Waals surface area contributed by atoms with Crippen molar-refractivity contribution in [3.63, 3.8) is 0 Å². The van der Waals surface area contributed by atoms with Crippen LogP contribution >= 0.6 is 11.6 Å². The lowest BCUT2D eigenvalue weighted by molar-refractivity contribution is 0.429. The minimum atomic E-state index is -3.37. The minimum Gasteiger partial charge on any atom is -0.244 e. The van der Waals surface area contributed by atoms with E-state index >= 15 is 0 Å². The second kappa shape index (κ2) is 5.12. The monoisotopic (exact) mass is 309 g/mol. The first-order valence-corrected chi connectivity index (χ1v) is 8.03. The molecule has 1 aliphatic rings. The molecule has 1 aromatic heterocycles. The maximum absolute atomic E-state index is 12.4. The molecule has 0 saturated carbocycles. The summed E-state index contributed by atoms with van der Waals surface area (Å²) < 4.78 is 26.2. The van der Waals surface area contributed by atoms with Crippen LogP contribution in [0.4, 0.5) is 0 Å². The molecule has 0 unspecified atom stereocenters. The molecule has 0 bridgehead atoms. The van der Waals surface area contributed by atoms with Gasteiger partial charge >= 0.3 is 0 Å². The molecule has 0 fully saturated rings. The van der Waals surface area contributed by atoms with E-state index in [2.05, 4.69) is 9.97 Å². The van der Waals surface area contributed by atoms with E-state index < -0.39 is 10.0 Å². The van der Waals surface area contributed by atoms with Crippen LogP contribution in [0.3, 0.4) is 0 Å². The van der Waals surface area contributed by atoms with Gasteiger partial charge < -0.3 is 0 Å². The van der Waals surface area contributed by atoms with Crippen LogP contribution in [-0.4, -0.2) is 22.7 Å². The van der Waals surface area contributed by atoms with E-state index in [1.165, 1.54) is 10.6 Å². The molecule has 3 rings (SSSR count). The summed E-state index contributed by atoms with van der Waals surface area (Å²) in [6.45, 7) is 0.653. The van der Waals surface area contributed by atoms with Gasteiger partial charge in [-0.25, -0.2) is 18.4 Å². The maximum atomic E-state index is 12.4. The van der Waals surface area contributed by atoms with E-state index in [1.54, 1.807) is 30.5 Å². The lowest BCUT2D eigenvalue weighted by Crippen LogP contribution is -2.27. The van der Waals surface area contributed by atoms with Gasteiger partial charge in [-0.05, 0) is 17.7 Å². The number of halogens is 1. The molecule has 0 atom stereocenters. The van der Waals surface area contributed by atoms with E-state index in [-0.39, 0.29) is 5.75 Å². The van der Waals surface area contributed by atoms with Crippen LogP contribution in [0.5, 0.6) is 0 Å². The topological polar surface area (TPSA) is 63.2 Å². The SMILES string of the molecule is O=S(=O)(Cc1ccc(Cl)cc1)N1Cc2cncnc2C1. The van der Waals surface area contributed by atoms with Gasteiger partial charge in [0.05, 0.1) is 18.0 Å². The Balaban J connectivity index is 1.79. The molecule has 1 aliphatic heterocycles. The Labute approximate surface area is 122 Å². The fraction of sp³-hybridized carbons (Fsp3) is 0.231. The van der Waals surface area contributed by atoms with Gasteiger partial charge in [-0.3, -0.25) is 0 Å². The summed E-state index contributed by atoms with van der Waals surface area (Å²) in [6.07, 6.45) is 3.11. The van der Waals surface area contributed by atoms with Crippen LogP contribution in [0.1, 0.15) is 16.8 Å². The lowest BCUT2D eigenvalue weighted by atomic mass is 10.2. The second-order valence-electron chi connectivity index (χ2n) is 4.65. The smallest absolute Gasteiger partial charge is 0.218 e. The summed E-state index contributed by atoms with van der Waals surface area (Å²) in [5.41, 5.74) is 2.36. The van der Waals surface area contributed by atoms with Crippen molar-refractivity contribution in [1.29, 1.82) is 0 Å². The third-order valence-electron chi connectivity index (χ3n) is 3.21. The van der Waals surface area contributed by atoms with Crippen LogP contribution in [0, 0.1) is 0 Å². The van der Waals surface area contributed by atoms with Gasteiger partial charge in [0.2, 0.25) is 10.0 Å². The average molecular weight is 310 g/mol. The number of nitrogens with zero attached hydrogens (tertiary/aromatic N) is 3. The number of hydrogen-bond acceptors (Lipinski definition) is 4. The fourth-order valence-electron chi connectivity index (χ4n) is 2.15. The molecule has 20 heavy (non-hydrogen) atoms. The van der Waals surface area contributed by atoms with Crippen LogP contribution in [0.15, 0.2) is 36.8 Å². The second-order valence-corrected chi connectivity index (χ2v) is 7.05. The van der Waals surface area contributed by atoms with Gasteiger partial charge in [0.15, 0.2) is 0 Å². The van der Waals surface area contributed by atoms with Crippen LogP contribution < -0.4 is 0 Å². The molecule has 5 nitrogen and oxygen atoms in total. The maximum Gasteiger partial charge on any atom is 0.218 e. The number of hydrogen-bond donors (Lipinski definition) is 0. The Bertz CT molecular complexity index is 707. The van der Waals surface area contributed by atoms with Crippen molar-refractivity contribution in [2.75, 3.05) is 0 Å². The molecule has 0 radical (unpaired) electrons. The van der Waals surface area contributed by atoms with Gasteiger partial charge in [0.1, 0.15) is 6.33 Å². The van der Waals surface area contributed by atoms with Crippen molar-refractivity contribution >= 4 is 21.6 Å². The van der Waals surface area contributed by atoms with E-state index in [4.69, 9.17) is 11.6 Å². The molecular weight excluding hydrogens is 298 g/mol. The van der Waals surface area contributed by atoms with Crippen molar-refractivity contribution in [2.24, 2.45) is 0 Å². The molecule has 0 spiro atoms. The normalized spacial score (nSPS) is 15.2. The Kier molecular flexibility index (Phi) is 3.45.